The third kappa shape index (κ3) is 2.55. The predicted molar refractivity (Wildman–Crippen MR) is 101 cm³/mol. The Bertz CT molecular complexity index is 1000. The van der Waals surface area contributed by atoms with Gasteiger partial charge in [0.25, 0.3) is 0 Å². The quantitative estimate of drug-likeness (QED) is 0.564. The van der Waals surface area contributed by atoms with E-state index in [1.165, 1.54) is 5.56 Å². The van der Waals surface area contributed by atoms with Gasteiger partial charge >= 0.3 is 0 Å². The van der Waals surface area contributed by atoms with Crippen molar-refractivity contribution in [1.29, 1.82) is 0 Å². The van der Waals surface area contributed by atoms with Crippen LogP contribution in [0.5, 0.6) is 5.75 Å². The van der Waals surface area contributed by atoms with Gasteiger partial charge in [-0.25, -0.2) is 0 Å². The molecule has 23 heavy (non-hydrogen) atoms. The van der Waals surface area contributed by atoms with Gasteiger partial charge in [0.2, 0.25) is 0 Å². The molecule has 118 valence electrons. The highest BCUT2D eigenvalue weighted by molar-refractivity contribution is 14.1. The third-order valence-electron chi connectivity index (χ3n) is 4.27. The molecule has 3 rings (SSSR count). The maximum Gasteiger partial charge on any atom is 0.200 e. The van der Waals surface area contributed by atoms with Gasteiger partial charge in [0.1, 0.15) is 22.5 Å². The monoisotopic (exact) mass is 420 g/mol. The molecule has 0 unspecified atom stereocenters. The maximum absolute atomic E-state index is 12.7. The van der Waals surface area contributed by atoms with Crippen molar-refractivity contribution in [3.8, 4) is 17.1 Å². The summed E-state index contributed by atoms with van der Waals surface area (Å²) in [4.78, 5) is 12.7. The number of aromatic hydroxyl groups is 1. The third-order valence-corrected chi connectivity index (χ3v) is 5.64. The second-order valence-corrected chi connectivity index (χ2v) is 6.99. The van der Waals surface area contributed by atoms with Crippen molar-refractivity contribution < 1.29 is 9.52 Å². The average molecular weight is 420 g/mol. The van der Waals surface area contributed by atoms with E-state index in [1.807, 2.05) is 67.6 Å². The summed E-state index contributed by atoms with van der Waals surface area (Å²) in [6.07, 6.45) is 0. The number of rotatable bonds is 1. The molecule has 3 aromatic rings. The highest BCUT2D eigenvalue weighted by atomic mass is 127. The van der Waals surface area contributed by atoms with Gasteiger partial charge in [0.05, 0.1) is 3.57 Å². The minimum Gasteiger partial charge on any atom is -0.506 e. The van der Waals surface area contributed by atoms with Crippen LogP contribution in [0.3, 0.4) is 0 Å². The van der Waals surface area contributed by atoms with Crippen molar-refractivity contribution >= 4 is 33.6 Å². The van der Waals surface area contributed by atoms with Crippen LogP contribution < -0.4 is 5.43 Å². The fraction of sp³-hybridized carbons (Fsp3) is 0.211. The molecule has 0 fully saturated rings. The van der Waals surface area contributed by atoms with E-state index in [0.717, 1.165) is 16.7 Å². The average Bonchev–Trinajstić information content (AvgIpc) is 2.51. The second kappa shape index (κ2) is 5.67. The smallest absolute Gasteiger partial charge is 0.200 e. The van der Waals surface area contributed by atoms with E-state index >= 15 is 0 Å². The molecular formula is C19H17IO3. The van der Waals surface area contributed by atoms with Crippen molar-refractivity contribution in [2.45, 2.75) is 27.7 Å². The molecule has 0 amide bonds. The van der Waals surface area contributed by atoms with Crippen LogP contribution in [0, 0.1) is 31.3 Å². The molecule has 4 heteroatoms. The normalized spacial score (nSPS) is 11.2. The van der Waals surface area contributed by atoms with Crippen LogP contribution in [0.4, 0.5) is 0 Å². The zero-order valence-electron chi connectivity index (χ0n) is 13.5. The fourth-order valence-corrected chi connectivity index (χ4v) is 3.11. The first-order chi connectivity index (χ1) is 10.8. The summed E-state index contributed by atoms with van der Waals surface area (Å²) in [5, 5.41) is 10.6. The van der Waals surface area contributed by atoms with Gasteiger partial charge in [0, 0.05) is 11.1 Å². The van der Waals surface area contributed by atoms with Crippen molar-refractivity contribution in [3.63, 3.8) is 0 Å². The predicted octanol–water partition coefficient (Wildman–Crippen LogP) is 5.00. The molecule has 0 aliphatic carbocycles. The van der Waals surface area contributed by atoms with E-state index in [2.05, 4.69) is 0 Å². The number of halogens is 1. The van der Waals surface area contributed by atoms with E-state index in [0.29, 0.717) is 20.5 Å². The van der Waals surface area contributed by atoms with Crippen LogP contribution in [0.25, 0.3) is 22.3 Å². The molecule has 0 aliphatic heterocycles. The molecule has 2 aromatic carbocycles. The van der Waals surface area contributed by atoms with Crippen LogP contribution in [-0.4, -0.2) is 5.11 Å². The van der Waals surface area contributed by atoms with Gasteiger partial charge in [-0.2, -0.15) is 0 Å². The Morgan fingerprint density at radius 3 is 2.35 bits per heavy atom. The molecule has 3 nitrogen and oxygen atoms in total. The maximum atomic E-state index is 12.7. The highest BCUT2D eigenvalue weighted by Gasteiger charge is 2.18. The standard InChI is InChI=1S/C19H17IO3/c1-9-5-6-13(7-10(9)2)19-12(4)17(21)15-14(23-19)8-11(3)16(20)18(15)22/h5-8,22H,1-4H3. The van der Waals surface area contributed by atoms with Gasteiger partial charge in [-0.05, 0) is 79.1 Å². The van der Waals surface area contributed by atoms with Gasteiger partial charge < -0.3 is 9.52 Å². The Balaban J connectivity index is 2.40. The van der Waals surface area contributed by atoms with Crippen LogP contribution in [-0.2, 0) is 0 Å². The van der Waals surface area contributed by atoms with E-state index in [4.69, 9.17) is 4.42 Å². The van der Waals surface area contributed by atoms with Crippen LogP contribution in [0.15, 0.2) is 33.5 Å². The van der Waals surface area contributed by atoms with E-state index in [9.17, 15) is 9.90 Å². The van der Waals surface area contributed by atoms with Gasteiger partial charge in [-0.1, -0.05) is 12.1 Å². The SMILES string of the molecule is Cc1ccc(-c2oc3cc(C)c(I)c(O)c3c(=O)c2C)cc1C. The summed E-state index contributed by atoms with van der Waals surface area (Å²) < 4.78 is 6.69. The van der Waals surface area contributed by atoms with Crippen molar-refractivity contribution in [2.75, 3.05) is 0 Å². The summed E-state index contributed by atoms with van der Waals surface area (Å²) in [6.45, 7) is 7.70. The van der Waals surface area contributed by atoms with Gasteiger partial charge in [-0.3, -0.25) is 4.79 Å². The van der Waals surface area contributed by atoms with Gasteiger partial charge in [0.15, 0.2) is 5.43 Å². The Morgan fingerprint density at radius 1 is 1.00 bits per heavy atom. The lowest BCUT2D eigenvalue weighted by molar-refractivity contribution is 0.475. The molecule has 1 aromatic heterocycles. The first kappa shape index (κ1) is 16.1. The number of phenols is 1. The van der Waals surface area contributed by atoms with Gasteiger partial charge in [-0.15, -0.1) is 0 Å². The van der Waals surface area contributed by atoms with Crippen molar-refractivity contribution in [3.05, 3.63) is 60.3 Å². The molecule has 0 radical (unpaired) electrons. The van der Waals surface area contributed by atoms with E-state index < -0.39 is 0 Å². The molecule has 0 saturated heterocycles. The molecular weight excluding hydrogens is 403 g/mol. The Morgan fingerprint density at radius 2 is 1.70 bits per heavy atom. The minimum atomic E-state index is -0.185. The number of fused-ring (bicyclic) bond motifs is 1. The number of phenolic OH excluding ortho intramolecular Hbond substituents is 1. The number of benzene rings is 2. The number of hydrogen-bond acceptors (Lipinski definition) is 3. The zero-order valence-corrected chi connectivity index (χ0v) is 15.6. The first-order valence-electron chi connectivity index (χ1n) is 7.34. The summed E-state index contributed by atoms with van der Waals surface area (Å²) in [5.74, 6) is 0.565. The topological polar surface area (TPSA) is 50.4 Å². The fourth-order valence-electron chi connectivity index (χ4n) is 2.68. The summed E-state index contributed by atoms with van der Waals surface area (Å²) in [7, 11) is 0. The molecule has 0 saturated carbocycles. The van der Waals surface area contributed by atoms with Crippen LogP contribution in [0.1, 0.15) is 22.3 Å². The highest BCUT2D eigenvalue weighted by Crippen LogP contribution is 2.34. The number of hydrogen-bond donors (Lipinski definition) is 1. The summed E-state index contributed by atoms with van der Waals surface area (Å²) in [5.41, 5.74) is 4.84. The minimum absolute atomic E-state index is 0.00378. The Labute approximate surface area is 148 Å². The van der Waals surface area contributed by atoms with Crippen molar-refractivity contribution in [2.24, 2.45) is 0 Å². The summed E-state index contributed by atoms with van der Waals surface area (Å²) >= 11 is 2.04. The lowest BCUT2D eigenvalue weighted by Gasteiger charge is -2.11. The summed E-state index contributed by atoms with van der Waals surface area (Å²) in [6, 6.07) is 7.80. The van der Waals surface area contributed by atoms with E-state index in [-0.39, 0.29) is 16.6 Å². The molecule has 0 spiro atoms. The molecule has 0 atom stereocenters. The lowest BCUT2D eigenvalue weighted by atomic mass is 10.0. The zero-order chi connectivity index (χ0) is 16.9. The van der Waals surface area contributed by atoms with Crippen LogP contribution >= 0.6 is 22.6 Å². The van der Waals surface area contributed by atoms with Crippen molar-refractivity contribution in [1.82, 2.24) is 0 Å². The van der Waals surface area contributed by atoms with E-state index in [1.54, 1.807) is 6.92 Å². The second-order valence-electron chi connectivity index (χ2n) is 5.91. The Hall–Kier alpha value is -1.82. The number of aryl methyl sites for hydroxylation is 3. The molecule has 1 N–H and O–H groups in total. The lowest BCUT2D eigenvalue weighted by Crippen LogP contribution is -2.08. The molecule has 0 bridgehead atoms. The van der Waals surface area contributed by atoms with Crippen LogP contribution in [0.2, 0.25) is 0 Å². The first-order valence-corrected chi connectivity index (χ1v) is 8.42. The molecule has 1 heterocycles. The largest absolute Gasteiger partial charge is 0.506 e. The molecule has 0 aliphatic rings. The Kier molecular flexibility index (Phi) is 3.96.